The van der Waals surface area contributed by atoms with Gasteiger partial charge in [0.25, 0.3) is 0 Å². The molecule has 4 heteroatoms. The monoisotopic (exact) mass is 229 g/mol. The van der Waals surface area contributed by atoms with E-state index in [0.717, 1.165) is 24.0 Å². The van der Waals surface area contributed by atoms with Gasteiger partial charge in [0.15, 0.2) is 0 Å². The van der Waals surface area contributed by atoms with Crippen LogP contribution in [-0.4, -0.2) is 14.1 Å². The highest BCUT2D eigenvalue weighted by molar-refractivity contribution is 5.80. The lowest BCUT2D eigenvalue weighted by Crippen LogP contribution is -2.04. The summed E-state index contributed by atoms with van der Waals surface area (Å²) < 4.78 is 17.2. The molecule has 2 aromatic heterocycles. The summed E-state index contributed by atoms with van der Waals surface area (Å²) >= 11 is 0. The molecule has 0 aliphatic heterocycles. The number of halogens is 1. The van der Waals surface area contributed by atoms with Crippen molar-refractivity contribution in [3.63, 3.8) is 0 Å². The summed E-state index contributed by atoms with van der Waals surface area (Å²) in [6.07, 6.45) is 7.49. The van der Waals surface area contributed by atoms with E-state index in [-0.39, 0.29) is 5.82 Å². The van der Waals surface area contributed by atoms with Crippen molar-refractivity contribution < 1.29 is 4.39 Å². The van der Waals surface area contributed by atoms with Gasteiger partial charge in [-0.3, -0.25) is 0 Å². The van der Waals surface area contributed by atoms with Gasteiger partial charge in [0.1, 0.15) is 5.82 Å². The number of nitrogens with zero attached hydrogens (tertiary/aromatic N) is 3. The zero-order chi connectivity index (χ0) is 11.7. The van der Waals surface area contributed by atoms with Gasteiger partial charge in [-0.25, -0.2) is 9.37 Å². The Bertz CT molecular complexity index is 625. The molecule has 3 rings (SSSR count). The number of benzene rings is 1. The first-order valence-corrected chi connectivity index (χ1v) is 5.53. The Labute approximate surface area is 98.1 Å². The van der Waals surface area contributed by atoms with E-state index in [1.165, 1.54) is 6.07 Å². The van der Waals surface area contributed by atoms with Crippen molar-refractivity contribution in [1.29, 1.82) is 0 Å². The molecule has 0 radical (unpaired) electrons. The molecule has 86 valence electrons. The lowest BCUT2D eigenvalue weighted by Gasteiger charge is -2.06. The van der Waals surface area contributed by atoms with Gasteiger partial charge in [-0.05, 0) is 24.3 Å². The quantitative estimate of drug-likeness (QED) is 0.677. The largest absolute Gasteiger partial charge is 0.346 e. The van der Waals surface area contributed by atoms with E-state index in [9.17, 15) is 4.39 Å². The molecule has 3 nitrogen and oxygen atoms in total. The molecule has 0 spiro atoms. The van der Waals surface area contributed by atoms with Crippen molar-refractivity contribution in [2.75, 3.05) is 0 Å². The Balaban J connectivity index is 1.86. The predicted octanol–water partition coefficient (Wildman–Crippen LogP) is 2.68. The SMILES string of the molecule is Fc1ccc2c(ccn2CCn2ccnc2)c1. The molecule has 0 unspecified atom stereocenters. The highest BCUT2D eigenvalue weighted by Gasteiger charge is 2.02. The molecule has 2 heterocycles. The number of aromatic nitrogens is 3. The molecule has 0 atom stereocenters. The summed E-state index contributed by atoms with van der Waals surface area (Å²) in [5.41, 5.74) is 1.06. The number of imidazole rings is 1. The van der Waals surface area contributed by atoms with Crippen LogP contribution in [0.1, 0.15) is 0 Å². The Morgan fingerprint density at radius 1 is 1.12 bits per heavy atom. The lowest BCUT2D eigenvalue weighted by atomic mass is 10.2. The summed E-state index contributed by atoms with van der Waals surface area (Å²) in [5, 5.41) is 0.940. The van der Waals surface area contributed by atoms with Crippen molar-refractivity contribution in [3.8, 4) is 0 Å². The van der Waals surface area contributed by atoms with E-state index in [4.69, 9.17) is 0 Å². The van der Waals surface area contributed by atoms with Crippen LogP contribution in [0.4, 0.5) is 4.39 Å². The fourth-order valence-electron chi connectivity index (χ4n) is 2.01. The molecule has 0 saturated heterocycles. The highest BCUT2D eigenvalue weighted by atomic mass is 19.1. The van der Waals surface area contributed by atoms with Crippen LogP contribution in [-0.2, 0) is 13.1 Å². The Hall–Kier alpha value is -2.10. The van der Waals surface area contributed by atoms with Crippen LogP contribution in [0.2, 0.25) is 0 Å². The van der Waals surface area contributed by atoms with Crippen LogP contribution >= 0.6 is 0 Å². The smallest absolute Gasteiger partial charge is 0.123 e. The average molecular weight is 229 g/mol. The minimum atomic E-state index is -0.190. The molecule has 1 aromatic carbocycles. The molecule has 3 aromatic rings. The lowest BCUT2D eigenvalue weighted by molar-refractivity contribution is 0.591. The van der Waals surface area contributed by atoms with Gasteiger partial charge in [-0.1, -0.05) is 0 Å². The van der Waals surface area contributed by atoms with Gasteiger partial charge >= 0.3 is 0 Å². The van der Waals surface area contributed by atoms with Crippen LogP contribution in [0.3, 0.4) is 0 Å². The standard InChI is InChI=1S/C13H12FN3/c14-12-1-2-13-11(9-12)3-5-17(13)8-7-16-6-4-15-10-16/h1-6,9-10H,7-8H2. The van der Waals surface area contributed by atoms with Crippen molar-refractivity contribution in [2.24, 2.45) is 0 Å². The van der Waals surface area contributed by atoms with Crippen LogP contribution in [0, 0.1) is 5.82 Å². The summed E-state index contributed by atoms with van der Waals surface area (Å²) in [4.78, 5) is 4.00. The summed E-state index contributed by atoms with van der Waals surface area (Å²) in [7, 11) is 0. The first-order valence-electron chi connectivity index (χ1n) is 5.53. The molecule has 0 bridgehead atoms. The van der Waals surface area contributed by atoms with E-state index in [1.54, 1.807) is 18.6 Å². The van der Waals surface area contributed by atoms with Crippen molar-refractivity contribution >= 4 is 10.9 Å². The molecule has 0 saturated carbocycles. The average Bonchev–Trinajstić information content (AvgIpc) is 2.94. The van der Waals surface area contributed by atoms with E-state index in [0.29, 0.717) is 0 Å². The van der Waals surface area contributed by atoms with Crippen molar-refractivity contribution in [3.05, 3.63) is 55.0 Å². The molecule has 0 amide bonds. The zero-order valence-corrected chi connectivity index (χ0v) is 9.25. The first-order chi connectivity index (χ1) is 8.33. The molecule has 0 aliphatic carbocycles. The fraction of sp³-hybridized carbons (Fsp3) is 0.154. The van der Waals surface area contributed by atoms with E-state index < -0.39 is 0 Å². The third-order valence-electron chi connectivity index (χ3n) is 2.89. The third kappa shape index (κ3) is 1.93. The van der Waals surface area contributed by atoms with Crippen LogP contribution in [0.15, 0.2) is 49.2 Å². The second kappa shape index (κ2) is 4.05. The van der Waals surface area contributed by atoms with Gasteiger partial charge in [-0.15, -0.1) is 0 Å². The van der Waals surface area contributed by atoms with E-state index in [1.807, 2.05) is 29.1 Å². The second-order valence-corrected chi connectivity index (χ2v) is 4.01. The number of hydrogen-bond acceptors (Lipinski definition) is 1. The minimum absolute atomic E-state index is 0.190. The maximum Gasteiger partial charge on any atom is 0.123 e. The maximum atomic E-state index is 13.0. The number of aryl methyl sites for hydroxylation is 2. The molecular formula is C13H12FN3. The minimum Gasteiger partial charge on any atom is -0.346 e. The summed E-state index contributed by atoms with van der Waals surface area (Å²) in [6.45, 7) is 1.71. The van der Waals surface area contributed by atoms with E-state index in [2.05, 4.69) is 9.55 Å². The molecule has 0 N–H and O–H groups in total. The van der Waals surface area contributed by atoms with Gasteiger partial charge in [0, 0.05) is 42.6 Å². The Morgan fingerprint density at radius 3 is 2.88 bits per heavy atom. The summed E-state index contributed by atoms with van der Waals surface area (Å²) in [5.74, 6) is -0.190. The molecular weight excluding hydrogens is 217 g/mol. The van der Waals surface area contributed by atoms with Crippen molar-refractivity contribution in [2.45, 2.75) is 13.1 Å². The van der Waals surface area contributed by atoms with Gasteiger partial charge in [0.2, 0.25) is 0 Å². The molecule has 0 aliphatic rings. The predicted molar refractivity (Wildman–Crippen MR) is 64.1 cm³/mol. The zero-order valence-electron chi connectivity index (χ0n) is 9.25. The molecule has 0 fully saturated rings. The van der Waals surface area contributed by atoms with Crippen molar-refractivity contribution in [1.82, 2.24) is 14.1 Å². The normalized spacial score (nSPS) is 11.1. The van der Waals surface area contributed by atoms with Gasteiger partial charge < -0.3 is 9.13 Å². The number of rotatable bonds is 3. The first kappa shape index (κ1) is 10.1. The third-order valence-corrected chi connectivity index (χ3v) is 2.89. The van der Waals surface area contributed by atoms with Crippen LogP contribution in [0.25, 0.3) is 10.9 Å². The fourth-order valence-corrected chi connectivity index (χ4v) is 2.01. The second-order valence-electron chi connectivity index (χ2n) is 4.01. The van der Waals surface area contributed by atoms with E-state index >= 15 is 0 Å². The topological polar surface area (TPSA) is 22.8 Å². The maximum absolute atomic E-state index is 13.0. The Morgan fingerprint density at radius 2 is 2.06 bits per heavy atom. The van der Waals surface area contributed by atoms with Crippen LogP contribution < -0.4 is 0 Å². The summed E-state index contributed by atoms with van der Waals surface area (Å²) in [6, 6.07) is 6.81. The number of hydrogen-bond donors (Lipinski definition) is 0. The number of fused-ring (bicyclic) bond motifs is 1. The van der Waals surface area contributed by atoms with Gasteiger partial charge in [0.05, 0.1) is 6.33 Å². The highest BCUT2D eigenvalue weighted by Crippen LogP contribution is 2.17. The Kier molecular flexibility index (Phi) is 2.40. The van der Waals surface area contributed by atoms with Gasteiger partial charge in [-0.2, -0.15) is 0 Å². The molecule has 17 heavy (non-hydrogen) atoms. The van der Waals surface area contributed by atoms with Crippen LogP contribution in [0.5, 0.6) is 0 Å².